The highest BCUT2D eigenvalue weighted by atomic mass is 32.1. The predicted molar refractivity (Wildman–Crippen MR) is 104 cm³/mol. The van der Waals surface area contributed by atoms with E-state index in [-0.39, 0.29) is 22.8 Å². The number of aromatic nitrogens is 1. The highest BCUT2D eigenvalue weighted by molar-refractivity contribution is 7.13. The summed E-state index contributed by atoms with van der Waals surface area (Å²) < 4.78 is 5.85. The number of carbonyl (C=O) groups is 1. The number of carbonyl (C=O) groups excluding carboxylic acids is 1. The zero-order valence-electron chi connectivity index (χ0n) is 14.3. The molecule has 0 spiro atoms. The molecule has 2 heterocycles. The summed E-state index contributed by atoms with van der Waals surface area (Å²) in [6, 6.07) is 14.0. The number of anilines is 1. The van der Waals surface area contributed by atoms with Gasteiger partial charge >= 0.3 is 0 Å². The van der Waals surface area contributed by atoms with Crippen LogP contribution in [0.3, 0.4) is 0 Å². The maximum absolute atomic E-state index is 12.8. The van der Waals surface area contributed by atoms with E-state index in [1.807, 2.05) is 31.2 Å². The van der Waals surface area contributed by atoms with E-state index in [4.69, 9.17) is 4.42 Å². The third kappa shape index (κ3) is 3.73. The Hall–Kier alpha value is -3.45. The molecule has 2 N–H and O–H groups in total. The molecule has 0 bridgehead atoms. The highest BCUT2D eigenvalue weighted by Gasteiger charge is 2.14. The molecule has 0 aliphatic carbocycles. The van der Waals surface area contributed by atoms with Crippen LogP contribution in [0.2, 0.25) is 0 Å². The Balaban J connectivity index is 1.89. The van der Waals surface area contributed by atoms with Crippen LogP contribution in [0.25, 0.3) is 11.0 Å². The molecule has 0 atom stereocenters. The van der Waals surface area contributed by atoms with E-state index in [1.54, 1.807) is 23.7 Å². The van der Waals surface area contributed by atoms with Crippen molar-refractivity contribution in [2.45, 2.75) is 6.92 Å². The normalized spacial score (nSPS) is 11.7. The molecule has 1 amide bonds. The Morgan fingerprint density at radius 1 is 1.22 bits per heavy atom. The van der Waals surface area contributed by atoms with E-state index < -0.39 is 0 Å². The van der Waals surface area contributed by atoms with Crippen molar-refractivity contribution in [3.05, 3.63) is 76.8 Å². The van der Waals surface area contributed by atoms with Gasteiger partial charge in [0.05, 0.1) is 5.69 Å². The minimum atomic E-state index is -0.366. The van der Waals surface area contributed by atoms with Crippen LogP contribution in [0.4, 0.5) is 10.8 Å². The largest absolute Gasteiger partial charge is 0.508 e. The molecule has 0 aliphatic rings. The molecule has 0 saturated carbocycles. The minimum absolute atomic E-state index is 0.0766. The maximum atomic E-state index is 12.8. The third-order valence-electron chi connectivity index (χ3n) is 3.86. The van der Waals surface area contributed by atoms with Crippen molar-refractivity contribution in [3.63, 3.8) is 0 Å². The van der Waals surface area contributed by atoms with Gasteiger partial charge in [-0.15, -0.1) is 11.3 Å². The lowest BCUT2D eigenvalue weighted by molar-refractivity contribution is 0.102. The van der Waals surface area contributed by atoms with Gasteiger partial charge in [-0.2, -0.15) is 0 Å². The number of fused-ring (bicyclic) bond motifs is 1. The number of hydrogen-bond acceptors (Lipinski definition) is 6. The summed E-state index contributed by atoms with van der Waals surface area (Å²) in [6.07, 6.45) is 1.62. The molecule has 0 radical (unpaired) electrons. The van der Waals surface area contributed by atoms with Gasteiger partial charge in [-0.05, 0) is 42.8 Å². The fraction of sp³-hybridized carbons (Fsp3) is 0.0500. The molecule has 2 aromatic carbocycles. The van der Waals surface area contributed by atoms with Crippen LogP contribution in [-0.4, -0.2) is 16.0 Å². The number of nitrogens with zero attached hydrogens (tertiary/aromatic N) is 2. The van der Waals surface area contributed by atoms with Crippen LogP contribution < -0.4 is 10.9 Å². The molecule has 0 unspecified atom stereocenters. The molecule has 4 aromatic rings. The molecule has 4 rings (SSSR count). The first-order valence-corrected chi connectivity index (χ1v) is 9.05. The second-order valence-corrected chi connectivity index (χ2v) is 6.82. The Morgan fingerprint density at radius 2 is 2.11 bits per heavy atom. The quantitative estimate of drug-likeness (QED) is 0.554. The minimum Gasteiger partial charge on any atom is -0.508 e. The standard InChI is InChI=1S/C20H15N3O3S/c1-12-3-2-4-14(9-12)22-19-16(18(25)23-20-21-7-8-27-20)10-13-5-6-15(24)11-17(13)26-19/h2-11,24H,1H3,(H,21,23,25). The highest BCUT2D eigenvalue weighted by Crippen LogP contribution is 2.21. The molecule has 0 saturated heterocycles. The molecule has 2 aromatic heterocycles. The third-order valence-corrected chi connectivity index (χ3v) is 4.55. The number of phenolic OH excluding ortho intramolecular Hbond substituents is 1. The Bertz CT molecular complexity index is 1200. The summed E-state index contributed by atoms with van der Waals surface area (Å²) in [7, 11) is 0. The SMILES string of the molecule is Cc1cccc(N=c2oc3cc(O)ccc3cc2C(=O)Nc2nccs2)c1. The number of hydrogen-bond donors (Lipinski definition) is 2. The van der Waals surface area contributed by atoms with Gasteiger partial charge in [0.25, 0.3) is 5.91 Å². The first kappa shape index (κ1) is 17.0. The van der Waals surface area contributed by atoms with Gasteiger partial charge < -0.3 is 9.52 Å². The van der Waals surface area contributed by atoms with Crippen LogP contribution >= 0.6 is 11.3 Å². The van der Waals surface area contributed by atoms with E-state index in [1.165, 1.54) is 23.5 Å². The molecule has 0 fully saturated rings. The summed E-state index contributed by atoms with van der Waals surface area (Å²) >= 11 is 1.33. The van der Waals surface area contributed by atoms with Crippen LogP contribution in [0, 0.1) is 6.92 Å². The number of thiazole rings is 1. The van der Waals surface area contributed by atoms with Crippen molar-refractivity contribution < 1.29 is 14.3 Å². The van der Waals surface area contributed by atoms with E-state index in [2.05, 4.69) is 15.3 Å². The first-order chi connectivity index (χ1) is 13.1. The zero-order chi connectivity index (χ0) is 18.8. The zero-order valence-corrected chi connectivity index (χ0v) is 15.2. The topological polar surface area (TPSA) is 87.7 Å². The van der Waals surface area contributed by atoms with Crippen LogP contribution in [0.1, 0.15) is 15.9 Å². The number of amides is 1. The van der Waals surface area contributed by atoms with Gasteiger partial charge in [0.2, 0.25) is 5.55 Å². The fourth-order valence-corrected chi connectivity index (χ4v) is 3.14. The monoisotopic (exact) mass is 377 g/mol. The molecule has 134 valence electrons. The van der Waals surface area contributed by atoms with Crippen molar-refractivity contribution >= 4 is 39.0 Å². The number of aryl methyl sites for hydroxylation is 1. The van der Waals surface area contributed by atoms with Gasteiger partial charge in [-0.1, -0.05) is 12.1 Å². The average Bonchev–Trinajstić information content (AvgIpc) is 3.14. The maximum Gasteiger partial charge on any atom is 0.262 e. The molecular weight excluding hydrogens is 362 g/mol. The Labute approximate surface area is 158 Å². The van der Waals surface area contributed by atoms with E-state index >= 15 is 0 Å². The van der Waals surface area contributed by atoms with Gasteiger partial charge in [-0.25, -0.2) is 9.98 Å². The van der Waals surface area contributed by atoms with Crippen molar-refractivity contribution in [2.24, 2.45) is 4.99 Å². The lowest BCUT2D eigenvalue weighted by Crippen LogP contribution is -2.21. The Morgan fingerprint density at radius 3 is 2.89 bits per heavy atom. The molecule has 6 nitrogen and oxygen atoms in total. The first-order valence-electron chi connectivity index (χ1n) is 8.17. The molecular formula is C20H15N3O3S. The smallest absolute Gasteiger partial charge is 0.262 e. The second-order valence-electron chi connectivity index (χ2n) is 5.93. The van der Waals surface area contributed by atoms with Crippen molar-refractivity contribution in [1.82, 2.24) is 4.98 Å². The number of aromatic hydroxyl groups is 1. The molecule has 0 aliphatic heterocycles. The van der Waals surface area contributed by atoms with Crippen molar-refractivity contribution in [1.29, 1.82) is 0 Å². The fourth-order valence-electron chi connectivity index (χ4n) is 2.62. The van der Waals surface area contributed by atoms with E-state index in [0.29, 0.717) is 21.8 Å². The lowest BCUT2D eigenvalue weighted by Gasteiger charge is -2.05. The summed E-state index contributed by atoms with van der Waals surface area (Å²) in [4.78, 5) is 21.4. The van der Waals surface area contributed by atoms with E-state index in [9.17, 15) is 9.90 Å². The summed E-state index contributed by atoms with van der Waals surface area (Å²) in [5, 5.41) is 15.4. The summed E-state index contributed by atoms with van der Waals surface area (Å²) in [5.41, 5.74) is 2.59. The van der Waals surface area contributed by atoms with Gasteiger partial charge in [0, 0.05) is 23.0 Å². The van der Waals surface area contributed by atoms with Crippen molar-refractivity contribution in [3.8, 4) is 5.75 Å². The van der Waals surface area contributed by atoms with Crippen LogP contribution in [-0.2, 0) is 0 Å². The molecule has 27 heavy (non-hydrogen) atoms. The van der Waals surface area contributed by atoms with Gasteiger partial charge in [0.15, 0.2) is 5.13 Å². The van der Waals surface area contributed by atoms with Gasteiger partial charge in [-0.3, -0.25) is 10.1 Å². The number of benzene rings is 2. The summed E-state index contributed by atoms with van der Waals surface area (Å²) in [6.45, 7) is 1.96. The van der Waals surface area contributed by atoms with Crippen LogP contribution in [0.15, 0.2) is 69.5 Å². The predicted octanol–water partition coefficient (Wildman–Crippen LogP) is 4.39. The average molecular weight is 377 g/mol. The molecule has 7 heteroatoms. The van der Waals surface area contributed by atoms with Crippen LogP contribution in [0.5, 0.6) is 5.75 Å². The van der Waals surface area contributed by atoms with E-state index in [0.717, 1.165) is 5.56 Å². The lowest BCUT2D eigenvalue weighted by atomic mass is 10.1. The van der Waals surface area contributed by atoms with Gasteiger partial charge in [0.1, 0.15) is 16.9 Å². The van der Waals surface area contributed by atoms with Crippen molar-refractivity contribution in [2.75, 3.05) is 5.32 Å². The summed E-state index contributed by atoms with van der Waals surface area (Å²) in [5.74, 6) is -0.289. The second kappa shape index (κ2) is 7.05. The number of phenols is 1. The Kier molecular flexibility index (Phi) is 4.43. The number of nitrogens with one attached hydrogen (secondary N) is 1. The number of rotatable bonds is 3.